The Morgan fingerprint density at radius 1 is 1.05 bits per heavy atom. The molecule has 0 saturated carbocycles. The van der Waals surface area contributed by atoms with Gasteiger partial charge in [0.15, 0.2) is 5.96 Å². The first kappa shape index (κ1) is 29.7. The summed E-state index contributed by atoms with van der Waals surface area (Å²) in [5.74, 6) is -1.91. The topological polar surface area (TPSA) is 167 Å². The van der Waals surface area contributed by atoms with Gasteiger partial charge in [0.2, 0.25) is 5.91 Å². The van der Waals surface area contributed by atoms with E-state index >= 15 is 0 Å². The molecule has 7 N–H and O–H groups in total. The molecular weight excluding hydrogens is 569 g/mol. The molecule has 4 rings (SSSR count). The lowest BCUT2D eigenvalue weighted by Crippen LogP contribution is -2.48. The van der Waals surface area contributed by atoms with Crippen LogP contribution >= 0.6 is 23.2 Å². The van der Waals surface area contributed by atoms with Crippen LogP contribution in [0.1, 0.15) is 41.1 Å². The van der Waals surface area contributed by atoms with Crippen molar-refractivity contribution >= 4 is 52.6 Å². The first-order valence-electron chi connectivity index (χ1n) is 12.8. The molecule has 214 valence electrons. The summed E-state index contributed by atoms with van der Waals surface area (Å²) in [6.07, 6.45) is 1.32. The molecule has 1 unspecified atom stereocenters. The van der Waals surface area contributed by atoms with Gasteiger partial charge in [-0.25, -0.2) is 4.79 Å². The predicted molar refractivity (Wildman–Crippen MR) is 158 cm³/mol. The third-order valence-corrected chi connectivity index (χ3v) is 7.25. The van der Waals surface area contributed by atoms with E-state index in [2.05, 4.69) is 16.0 Å². The molecule has 0 bridgehead atoms. The van der Waals surface area contributed by atoms with Gasteiger partial charge >= 0.3 is 5.97 Å². The maximum atomic E-state index is 12.9. The Kier molecular flexibility index (Phi) is 9.69. The number of carboxylic acids is 1. The maximum Gasteiger partial charge on any atom is 0.328 e. The van der Waals surface area contributed by atoms with Crippen LogP contribution in [0.4, 0.5) is 5.69 Å². The van der Waals surface area contributed by atoms with Gasteiger partial charge in [-0.2, -0.15) is 0 Å². The van der Waals surface area contributed by atoms with Crippen molar-refractivity contribution in [2.75, 3.05) is 18.5 Å². The van der Waals surface area contributed by atoms with Crippen LogP contribution < -0.4 is 26.4 Å². The van der Waals surface area contributed by atoms with Crippen molar-refractivity contribution in [3.63, 3.8) is 0 Å². The number of aliphatic carboxylic acids is 1. The number of hydrogen-bond acceptors (Lipinski definition) is 5. The van der Waals surface area contributed by atoms with E-state index in [-0.39, 0.29) is 46.4 Å². The number of carboxylic acid groups (broad SMARTS) is 1. The molecule has 2 amide bonds. The third-order valence-electron chi connectivity index (χ3n) is 6.66. The lowest BCUT2D eigenvalue weighted by molar-refractivity contribution is -0.139. The number of fused-ring (bicyclic) bond motifs is 1. The number of anilines is 1. The minimum atomic E-state index is -1.41. The fourth-order valence-electron chi connectivity index (χ4n) is 4.63. The summed E-state index contributed by atoms with van der Waals surface area (Å²) < 4.78 is 5.71. The standard InChI is InChI=1S/C29H29Cl2N5O5/c30-21-12-18(16-4-2-1-3-5-16)13-22(31)26(21)27(38)36-23(28(39)40)15-34-25(37)9-6-17-10-11-41-24-8-7-19(14-20(17)24)35-29(32)33/h1-5,7-8,12-14,17,23H,6,9-11,15H2,(H,34,37)(H,36,38)(H,39,40)(H4,32,33,35)/t17?,23-/m0/s1. The summed E-state index contributed by atoms with van der Waals surface area (Å²) in [6, 6.07) is 16.5. The van der Waals surface area contributed by atoms with Crippen LogP contribution in [0.15, 0.2) is 60.7 Å². The summed E-state index contributed by atoms with van der Waals surface area (Å²) >= 11 is 12.7. The zero-order valence-electron chi connectivity index (χ0n) is 21.9. The Morgan fingerprint density at radius 2 is 1.76 bits per heavy atom. The molecule has 3 aromatic rings. The van der Waals surface area contributed by atoms with Crippen LogP contribution in [0, 0.1) is 5.41 Å². The zero-order valence-corrected chi connectivity index (χ0v) is 23.4. The van der Waals surface area contributed by atoms with E-state index < -0.39 is 17.9 Å². The SMILES string of the molecule is N=C(N)Nc1ccc2c(c1)C(CCC(=O)NC[C@H](NC(=O)c1c(Cl)cc(-c3ccccc3)cc1Cl)C(=O)O)CCO2. The molecule has 0 fully saturated rings. The molecule has 0 aliphatic carbocycles. The molecule has 2 atom stereocenters. The Hall–Kier alpha value is -4.28. The molecule has 0 aromatic heterocycles. The summed E-state index contributed by atoms with van der Waals surface area (Å²) in [6.45, 7) is 0.178. The van der Waals surface area contributed by atoms with Crippen molar-refractivity contribution in [2.45, 2.75) is 31.2 Å². The molecule has 12 heteroatoms. The first-order valence-corrected chi connectivity index (χ1v) is 13.6. The molecular formula is C29H29Cl2N5O5. The van der Waals surface area contributed by atoms with Gasteiger partial charge in [-0.1, -0.05) is 53.5 Å². The van der Waals surface area contributed by atoms with Gasteiger partial charge < -0.3 is 31.5 Å². The fourth-order valence-corrected chi connectivity index (χ4v) is 5.28. The Labute approximate surface area is 246 Å². The predicted octanol–water partition coefficient (Wildman–Crippen LogP) is 4.61. The first-order chi connectivity index (χ1) is 19.6. The lowest BCUT2D eigenvalue weighted by atomic mass is 9.88. The Bertz CT molecular complexity index is 1440. The second-order valence-electron chi connectivity index (χ2n) is 9.51. The smallest absolute Gasteiger partial charge is 0.328 e. The Morgan fingerprint density at radius 3 is 2.41 bits per heavy atom. The quantitative estimate of drug-likeness (QED) is 0.146. The summed E-state index contributed by atoms with van der Waals surface area (Å²) in [7, 11) is 0. The van der Waals surface area contributed by atoms with Crippen LogP contribution in [0.5, 0.6) is 5.75 Å². The second-order valence-corrected chi connectivity index (χ2v) is 10.3. The van der Waals surface area contributed by atoms with E-state index in [1.54, 1.807) is 24.3 Å². The number of nitrogens with one attached hydrogen (secondary N) is 4. The zero-order chi connectivity index (χ0) is 29.5. The highest BCUT2D eigenvalue weighted by molar-refractivity contribution is 6.40. The monoisotopic (exact) mass is 597 g/mol. The Balaban J connectivity index is 1.35. The summed E-state index contributed by atoms with van der Waals surface area (Å²) in [5, 5.41) is 25.0. The van der Waals surface area contributed by atoms with Crippen LogP contribution in [-0.4, -0.2) is 48.0 Å². The minimum absolute atomic E-state index is 0.0244. The number of hydrogen-bond donors (Lipinski definition) is 6. The van der Waals surface area contributed by atoms with Gasteiger partial charge in [0.1, 0.15) is 11.8 Å². The lowest BCUT2D eigenvalue weighted by Gasteiger charge is -2.26. The molecule has 1 aliphatic heterocycles. The van der Waals surface area contributed by atoms with E-state index in [1.807, 2.05) is 36.4 Å². The van der Waals surface area contributed by atoms with Crippen molar-refractivity contribution < 1.29 is 24.2 Å². The van der Waals surface area contributed by atoms with E-state index in [0.29, 0.717) is 36.4 Å². The van der Waals surface area contributed by atoms with E-state index in [9.17, 15) is 19.5 Å². The highest BCUT2D eigenvalue weighted by Crippen LogP contribution is 2.38. The molecule has 0 spiro atoms. The van der Waals surface area contributed by atoms with Crippen LogP contribution in [0.3, 0.4) is 0 Å². The van der Waals surface area contributed by atoms with Gasteiger partial charge in [0.05, 0.1) is 22.2 Å². The molecule has 3 aromatic carbocycles. The van der Waals surface area contributed by atoms with Gasteiger partial charge in [-0.05, 0) is 65.8 Å². The van der Waals surface area contributed by atoms with Crippen LogP contribution in [0.2, 0.25) is 10.0 Å². The number of nitrogens with two attached hydrogens (primary N) is 1. The normalized spacial score (nSPS) is 14.6. The van der Waals surface area contributed by atoms with E-state index in [1.165, 1.54) is 0 Å². The van der Waals surface area contributed by atoms with Crippen molar-refractivity contribution in [1.29, 1.82) is 5.41 Å². The number of halogens is 2. The van der Waals surface area contributed by atoms with Crippen molar-refractivity contribution in [3.05, 3.63) is 81.8 Å². The highest BCUT2D eigenvalue weighted by atomic mass is 35.5. The average molecular weight is 598 g/mol. The molecule has 41 heavy (non-hydrogen) atoms. The number of rotatable bonds is 10. The molecule has 0 radical (unpaired) electrons. The summed E-state index contributed by atoms with van der Waals surface area (Å²) in [4.78, 5) is 37.4. The van der Waals surface area contributed by atoms with Gasteiger partial charge in [-0.3, -0.25) is 15.0 Å². The van der Waals surface area contributed by atoms with E-state index in [4.69, 9.17) is 39.1 Å². The average Bonchev–Trinajstić information content (AvgIpc) is 2.93. The molecule has 1 heterocycles. The minimum Gasteiger partial charge on any atom is -0.493 e. The van der Waals surface area contributed by atoms with Gasteiger partial charge in [0.25, 0.3) is 5.91 Å². The largest absolute Gasteiger partial charge is 0.493 e. The molecule has 1 aliphatic rings. The number of ether oxygens (including phenoxy) is 1. The van der Waals surface area contributed by atoms with Crippen molar-refractivity contribution in [3.8, 4) is 16.9 Å². The molecule has 10 nitrogen and oxygen atoms in total. The number of benzene rings is 3. The number of carbonyl (C=O) groups excluding carboxylic acids is 2. The number of amides is 2. The van der Waals surface area contributed by atoms with Gasteiger partial charge in [0, 0.05) is 18.7 Å². The summed E-state index contributed by atoms with van der Waals surface area (Å²) in [5.41, 5.74) is 8.48. The van der Waals surface area contributed by atoms with Crippen molar-refractivity contribution in [1.82, 2.24) is 10.6 Å². The van der Waals surface area contributed by atoms with Crippen LogP contribution in [0.25, 0.3) is 11.1 Å². The van der Waals surface area contributed by atoms with Gasteiger partial charge in [-0.15, -0.1) is 0 Å². The number of carbonyl (C=O) groups is 3. The number of guanidine groups is 1. The maximum absolute atomic E-state index is 12.9. The fraction of sp³-hybridized carbons (Fsp3) is 0.241. The highest BCUT2D eigenvalue weighted by Gasteiger charge is 2.26. The molecule has 0 saturated heterocycles. The van der Waals surface area contributed by atoms with Crippen molar-refractivity contribution in [2.24, 2.45) is 5.73 Å². The second kappa shape index (κ2) is 13.4. The van der Waals surface area contributed by atoms with E-state index in [0.717, 1.165) is 11.1 Å². The van der Waals surface area contributed by atoms with Crippen LogP contribution in [-0.2, 0) is 9.59 Å². The third kappa shape index (κ3) is 7.68.